The molecular formula is C20H23N3O5S2. The fraction of sp³-hybridized carbons (Fsp3) is 0.400. The second kappa shape index (κ2) is 9.23. The number of fused-ring (bicyclic) bond motifs is 1. The van der Waals surface area contributed by atoms with Crippen molar-refractivity contribution in [2.75, 3.05) is 37.4 Å². The van der Waals surface area contributed by atoms with E-state index < -0.39 is 10.0 Å². The Morgan fingerprint density at radius 2 is 1.83 bits per heavy atom. The van der Waals surface area contributed by atoms with E-state index in [2.05, 4.69) is 10.3 Å². The Hall–Kier alpha value is -2.30. The fourth-order valence-corrected chi connectivity index (χ4v) is 5.37. The Labute approximate surface area is 180 Å². The smallest absolute Gasteiger partial charge is 0.244 e. The lowest BCUT2D eigenvalue weighted by molar-refractivity contribution is -0.113. The van der Waals surface area contributed by atoms with E-state index in [1.807, 2.05) is 0 Å². The van der Waals surface area contributed by atoms with E-state index in [-0.39, 0.29) is 16.6 Å². The second-order valence-corrected chi connectivity index (χ2v) is 9.93. The summed E-state index contributed by atoms with van der Waals surface area (Å²) in [5.74, 6) is 1.26. The molecule has 2 aliphatic rings. The minimum Gasteiger partial charge on any atom is -0.490 e. The minimum absolute atomic E-state index is 0.152. The first kappa shape index (κ1) is 21.0. The van der Waals surface area contributed by atoms with Gasteiger partial charge in [-0.15, -0.1) is 0 Å². The van der Waals surface area contributed by atoms with Gasteiger partial charge in [-0.2, -0.15) is 4.31 Å². The number of carbonyl (C=O) groups excluding carboxylic acids is 1. The first-order valence-electron chi connectivity index (χ1n) is 9.81. The van der Waals surface area contributed by atoms with Gasteiger partial charge in [0.25, 0.3) is 0 Å². The Balaban J connectivity index is 1.32. The SMILES string of the molecule is O=C(CSc1ccc(S(=O)(=O)N2CCCC2)cn1)Nc1ccc2c(c1)OCCCO2. The van der Waals surface area contributed by atoms with Gasteiger partial charge >= 0.3 is 0 Å². The molecule has 0 unspecified atom stereocenters. The van der Waals surface area contributed by atoms with Crippen LogP contribution in [0.5, 0.6) is 11.5 Å². The molecule has 1 aromatic heterocycles. The first-order valence-corrected chi connectivity index (χ1v) is 12.2. The number of sulfonamides is 1. The number of carbonyl (C=O) groups is 1. The van der Waals surface area contributed by atoms with Crippen molar-refractivity contribution in [1.29, 1.82) is 0 Å². The molecule has 1 amide bonds. The molecule has 2 aliphatic heterocycles. The molecule has 0 bridgehead atoms. The molecule has 160 valence electrons. The monoisotopic (exact) mass is 449 g/mol. The number of pyridine rings is 1. The zero-order chi connectivity index (χ0) is 21.0. The molecule has 3 heterocycles. The summed E-state index contributed by atoms with van der Waals surface area (Å²) in [5.41, 5.74) is 0.630. The molecule has 0 spiro atoms. The molecule has 1 saturated heterocycles. The highest BCUT2D eigenvalue weighted by atomic mass is 32.2. The summed E-state index contributed by atoms with van der Waals surface area (Å²) in [4.78, 5) is 16.7. The summed E-state index contributed by atoms with van der Waals surface area (Å²) < 4.78 is 37.8. The van der Waals surface area contributed by atoms with Crippen molar-refractivity contribution < 1.29 is 22.7 Å². The van der Waals surface area contributed by atoms with Gasteiger partial charge in [0, 0.05) is 37.5 Å². The van der Waals surface area contributed by atoms with Crippen LogP contribution in [0.15, 0.2) is 46.5 Å². The van der Waals surface area contributed by atoms with E-state index in [9.17, 15) is 13.2 Å². The van der Waals surface area contributed by atoms with E-state index in [4.69, 9.17) is 9.47 Å². The molecule has 2 aromatic rings. The predicted octanol–water partition coefficient (Wildman–Crippen LogP) is 2.76. The number of nitrogens with one attached hydrogen (secondary N) is 1. The van der Waals surface area contributed by atoms with E-state index in [0.717, 1.165) is 19.3 Å². The number of nitrogens with zero attached hydrogens (tertiary/aromatic N) is 2. The fourth-order valence-electron chi connectivity index (χ4n) is 3.26. The third kappa shape index (κ3) is 4.88. The van der Waals surface area contributed by atoms with Crippen LogP contribution in [0.3, 0.4) is 0 Å². The quantitative estimate of drug-likeness (QED) is 0.677. The number of rotatable bonds is 6. The summed E-state index contributed by atoms with van der Waals surface area (Å²) in [7, 11) is -3.48. The maximum absolute atomic E-state index is 12.5. The van der Waals surface area contributed by atoms with E-state index in [1.54, 1.807) is 30.3 Å². The van der Waals surface area contributed by atoms with Crippen LogP contribution in [0.1, 0.15) is 19.3 Å². The summed E-state index contributed by atoms with van der Waals surface area (Å²) in [6, 6.07) is 8.48. The average Bonchev–Trinajstić information content (AvgIpc) is 3.20. The number of amides is 1. The maximum Gasteiger partial charge on any atom is 0.244 e. The molecule has 0 atom stereocenters. The largest absolute Gasteiger partial charge is 0.490 e. The number of benzene rings is 1. The van der Waals surface area contributed by atoms with Crippen LogP contribution in [0, 0.1) is 0 Å². The van der Waals surface area contributed by atoms with Gasteiger partial charge in [-0.25, -0.2) is 13.4 Å². The van der Waals surface area contributed by atoms with Crippen molar-refractivity contribution >= 4 is 33.4 Å². The van der Waals surface area contributed by atoms with Crippen LogP contribution in [0.25, 0.3) is 0 Å². The molecule has 0 saturated carbocycles. The standard InChI is InChI=1S/C20H23N3O5S2/c24-19(22-15-4-6-17-18(12-15)28-11-3-10-27-17)14-29-20-7-5-16(13-21-20)30(25,26)23-8-1-2-9-23/h4-7,12-13H,1-3,8-11,14H2,(H,22,24). The van der Waals surface area contributed by atoms with Crippen LogP contribution < -0.4 is 14.8 Å². The number of anilines is 1. The number of hydrogen-bond acceptors (Lipinski definition) is 7. The average molecular weight is 450 g/mol. The van der Waals surface area contributed by atoms with E-state index in [0.29, 0.717) is 48.5 Å². The molecule has 4 rings (SSSR count). The topological polar surface area (TPSA) is 97.8 Å². The third-order valence-corrected chi connectivity index (χ3v) is 7.62. The molecule has 1 aromatic carbocycles. The first-order chi connectivity index (χ1) is 14.5. The van der Waals surface area contributed by atoms with Crippen LogP contribution >= 0.6 is 11.8 Å². The molecule has 10 heteroatoms. The van der Waals surface area contributed by atoms with Crippen LogP contribution in [-0.4, -0.2) is 55.7 Å². The van der Waals surface area contributed by atoms with Crippen molar-refractivity contribution in [2.24, 2.45) is 0 Å². The molecule has 0 aliphatic carbocycles. The van der Waals surface area contributed by atoms with Crippen LogP contribution in [0.4, 0.5) is 5.69 Å². The normalized spacial score (nSPS) is 16.8. The molecule has 30 heavy (non-hydrogen) atoms. The molecular weight excluding hydrogens is 426 g/mol. The Bertz CT molecular complexity index is 1010. The van der Waals surface area contributed by atoms with Crippen molar-refractivity contribution in [3.05, 3.63) is 36.5 Å². The minimum atomic E-state index is -3.48. The van der Waals surface area contributed by atoms with Crippen molar-refractivity contribution in [1.82, 2.24) is 9.29 Å². The second-order valence-electron chi connectivity index (χ2n) is 6.99. The Kier molecular flexibility index (Phi) is 6.45. The number of ether oxygens (including phenoxy) is 2. The number of hydrogen-bond donors (Lipinski definition) is 1. The van der Waals surface area contributed by atoms with Crippen molar-refractivity contribution in [3.63, 3.8) is 0 Å². The summed E-state index contributed by atoms with van der Waals surface area (Å²) in [6.07, 6.45) is 3.95. The third-order valence-electron chi connectivity index (χ3n) is 4.79. The van der Waals surface area contributed by atoms with Crippen molar-refractivity contribution in [2.45, 2.75) is 29.2 Å². The van der Waals surface area contributed by atoms with E-state index in [1.165, 1.54) is 22.3 Å². The van der Waals surface area contributed by atoms with Crippen LogP contribution in [0.2, 0.25) is 0 Å². The zero-order valence-corrected chi connectivity index (χ0v) is 18.0. The lowest BCUT2D eigenvalue weighted by Gasteiger charge is -2.15. The van der Waals surface area contributed by atoms with Gasteiger partial charge in [-0.05, 0) is 37.1 Å². The molecule has 0 radical (unpaired) electrons. The summed E-state index contributed by atoms with van der Waals surface area (Å²) >= 11 is 1.24. The Morgan fingerprint density at radius 1 is 1.07 bits per heavy atom. The van der Waals surface area contributed by atoms with Crippen molar-refractivity contribution in [3.8, 4) is 11.5 Å². The van der Waals surface area contributed by atoms with E-state index >= 15 is 0 Å². The predicted molar refractivity (Wildman–Crippen MR) is 114 cm³/mol. The van der Waals surface area contributed by atoms with Gasteiger partial charge in [-0.1, -0.05) is 11.8 Å². The Morgan fingerprint density at radius 3 is 2.57 bits per heavy atom. The molecule has 8 nitrogen and oxygen atoms in total. The van der Waals surface area contributed by atoms with Crippen LogP contribution in [-0.2, 0) is 14.8 Å². The number of thioether (sulfide) groups is 1. The summed E-state index contributed by atoms with van der Waals surface area (Å²) in [6.45, 7) is 2.30. The maximum atomic E-state index is 12.5. The van der Waals surface area contributed by atoms with Gasteiger partial charge in [0.2, 0.25) is 15.9 Å². The molecule has 1 N–H and O–H groups in total. The van der Waals surface area contributed by atoms with Gasteiger partial charge < -0.3 is 14.8 Å². The van der Waals surface area contributed by atoms with Gasteiger partial charge in [-0.3, -0.25) is 4.79 Å². The van der Waals surface area contributed by atoms with Gasteiger partial charge in [0.05, 0.1) is 24.0 Å². The van der Waals surface area contributed by atoms with Gasteiger partial charge in [0.15, 0.2) is 11.5 Å². The van der Waals surface area contributed by atoms with Gasteiger partial charge in [0.1, 0.15) is 4.90 Å². The summed E-state index contributed by atoms with van der Waals surface area (Å²) in [5, 5.41) is 3.42. The lowest BCUT2D eigenvalue weighted by Crippen LogP contribution is -2.27. The highest BCUT2D eigenvalue weighted by Crippen LogP contribution is 2.32. The zero-order valence-electron chi connectivity index (χ0n) is 16.4. The molecule has 1 fully saturated rings. The lowest BCUT2D eigenvalue weighted by atomic mass is 10.2. The highest BCUT2D eigenvalue weighted by Gasteiger charge is 2.27. The highest BCUT2D eigenvalue weighted by molar-refractivity contribution is 7.99. The number of aromatic nitrogens is 1.